The minimum Gasteiger partial charge on any atom is -0.353 e. The van der Waals surface area contributed by atoms with Crippen molar-refractivity contribution < 1.29 is 22.8 Å². The van der Waals surface area contributed by atoms with Gasteiger partial charge in [0.1, 0.15) is 5.82 Å². The highest BCUT2D eigenvalue weighted by Gasteiger charge is 2.59. The number of carbonyl (C=O) groups excluding carboxylic acids is 2. The van der Waals surface area contributed by atoms with Crippen LogP contribution in [0.25, 0.3) is 0 Å². The molecule has 1 saturated carbocycles. The van der Waals surface area contributed by atoms with Crippen molar-refractivity contribution in [3.8, 4) is 0 Å². The van der Waals surface area contributed by atoms with Crippen LogP contribution >= 0.6 is 0 Å². The van der Waals surface area contributed by atoms with Gasteiger partial charge in [0.25, 0.3) is 0 Å². The summed E-state index contributed by atoms with van der Waals surface area (Å²) < 4.78 is 38.9. The van der Waals surface area contributed by atoms with Gasteiger partial charge in [-0.25, -0.2) is 4.98 Å². The number of pyridine rings is 1. The Morgan fingerprint density at radius 3 is 2.34 bits per heavy atom. The largest absolute Gasteiger partial charge is 0.416 e. The second-order valence-corrected chi connectivity index (χ2v) is 9.88. The predicted molar refractivity (Wildman–Crippen MR) is 125 cm³/mol. The fourth-order valence-electron chi connectivity index (χ4n) is 5.51. The van der Waals surface area contributed by atoms with Crippen molar-refractivity contribution in [2.24, 2.45) is 11.3 Å². The molecule has 1 unspecified atom stereocenters. The van der Waals surface area contributed by atoms with E-state index in [0.29, 0.717) is 31.7 Å². The van der Waals surface area contributed by atoms with E-state index < -0.39 is 11.7 Å². The third kappa shape index (κ3) is 4.99. The molecule has 2 aliphatic heterocycles. The molecule has 6 nitrogen and oxygen atoms in total. The summed E-state index contributed by atoms with van der Waals surface area (Å²) >= 11 is 0. The Kier molecular flexibility index (Phi) is 6.19. The first-order chi connectivity index (χ1) is 16.7. The molecule has 1 aliphatic carbocycles. The minimum absolute atomic E-state index is 0.0182. The van der Waals surface area contributed by atoms with Crippen LogP contribution in [0, 0.1) is 11.3 Å². The van der Waals surface area contributed by atoms with Gasteiger partial charge >= 0.3 is 6.18 Å². The lowest BCUT2D eigenvalue weighted by Gasteiger charge is -2.37. The van der Waals surface area contributed by atoms with Crippen molar-refractivity contribution in [2.45, 2.75) is 31.9 Å². The molecule has 3 fully saturated rings. The van der Waals surface area contributed by atoms with Crippen molar-refractivity contribution in [1.29, 1.82) is 0 Å². The highest BCUT2D eigenvalue weighted by Crippen LogP contribution is 2.60. The monoisotopic (exact) mass is 486 g/mol. The summed E-state index contributed by atoms with van der Waals surface area (Å²) in [7, 11) is 0. The lowest BCUT2D eigenvalue weighted by Crippen LogP contribution is -2.50. The number of piperidine rings is 1. The molecule has 2 aromatic rings. The van der Waals surface area contributed by atoms with E-state index in [-0.39, 0.29) is 29.6 Å². The molecular weight excluding hydrogens is 457 g/mol. The number of hydrogen-bond acceptors (Lipinski definition) is 4. The number of alkyl halides is 3. The maximum Gasteiger partial charge on any atom is 0.416 e. The van der Waals surface area contributed by atoms with Crippen molar-refractivity contribution >= 4 is 17.6 Å². The average molecular weight is 487 g/mol. The van der Waals surface area contributed by atoms with Gasteiger partial charge in [0, 0.05) is 51.4 Å². The van der Waals surface area contributed by atoms with Gasteiger partial charge in [0.05, 0.1) is 12.0 Å². The molecule has 3 heterocycles. The first kappa shape index (κ1) is 23.6. The Balaban J connectivity index is 1.10. The molecule has 1 aromatic heterocycles. The van der Waals surface area contributed by atoms with Crippen LogP contribution in [0.3, 0.4) is 0 Å². The molecule has 5 rings (SSSR count). The zero-order valence-electron chi connectivity index (χ0n) is 19.5. The van der Waals surface area contributed by atoms with Gasteiger partial charge in [-0.05, 0) is 48.4 Å². The second kappa shape index (κ2) is 9.17. The number of hydrogen-bond donors (Lipinski definition) is 0. The molecule has 1 spiro atoms. The van der Waals surface area contributed by atoms with Gasteiger partial charge in [-0.2, -0.15) is 13.2 Å². The van der Waals surface area contributed by atoms with Crippen molar-refractivity contribution in [2.75, 3.05) is 44.2 Å². The number of halogens is 3. The molecular formula is C26H29F3N4O2. The fourth-order valence-corrected chi connectivity index (χ4v) is 5.51. The number of anilines is 1. The summed E-state index contributed by atoms with van der Waals surface area (Å²) in [6.07, 6.45) is -0.286. The van der Waals surface area contributed by atoms with E-state index >= 15 is 0 Å². The summed E-state index contributed by atoms with van der Waals surface area (Å²) in [5.74, 6) is 1.01. The zero-order chi connectivity index (χ0) is 24.6. The maximum absolute atomic E-state index is 13.2. The zero-order valence-corrected chi connectivity index (χ0v) is 19.5. The number of nitrogens with zero attached hydrogens (tertiary/aromatic N) is 4. The fraction of sp³-hybridized carbons (Fsp3) is 0.500. The first-order valence-corrected chi connectivity index (χ1v) is 12.1. The summed E-state index contributed by atoms with van der Waals surface area (Å²) in [6, 6.07) is 10.8. The average Bonchev–Trinajstić information content (AvgIpc) is 3.57. The SMILES string of the molecule is O=C(Cc1cccc(C(F)(F)F)c1)N1CCC2(CC1)CC2C(=O)N1CCN(c2ccccn2)CC1. The molecule has 186 valence electrons. The van der Waals surface area contributed by atoms with Crippen LogP contribution in [0.5, 0.6) is 0 Å². The number of benzene rings is 1. The summed E-state index contributed by atoms with van der Waals surface area (Å²) in [4.78, 5) is 36.2. The second-order valence-electron chi connectivity index (χ2n) is 9.88. The number of likely N-dealkylation sites (tertiary alicyclic amines) is 1. The van der Waals surface area contributed by atoms with Crippen molar-refractivity contribution in [3.63, 3.8) is 0 Å². The van der Waals surface area contributed by atoms with E-state index in [1.54, 1.807) is 17.2 Å². The molecule has 1 atom stereocenters. The minimum atomic E-state index is -4.42. The van der Waals surface area contributed by atoms with E-state index in [1.165, 1.54) is 6.07 Å². The van der Waals surface area contributed by atoms with E-state index in [1.807, 2.05) is 23.1 Å². The highest BCUT2D eigenvalue weighted by molar-refractivity contribution is 5.83. The quantitative estimate of drug-likeness (QED) is 0.663. The molecule has 35 heavy (non-hydrogen) atoms. The van der Waals surface area contributed by atoms with Crippen LogP contribution in [0.4, 0.5) is 19.0 Å². The topological polar surface area (TPSA) is 56.8 Å². The summed E-state index contributed by atoms with van der Waals surface area (Å²) in [5, 5.41) is 0. The normalized spacial score (nSPS) is 21.8. The Morgan fingerprint density at radius 1 is 0.943 bits per heavy atom. The first-order valence-electron chi connectivity index (χ1n) is 12.1. The van der Waals surface area contributed by atoms with Crippen LogP contribution in [-0.2, 0) is 22.2 Å². The summed E-state index contributed by atoms with van der Waals surface area (Å²) in [6.45, 7) is 4.00. The molecule has 0 N–H and O–H groups in total. The Labute approximate surface area is 202 Å². The lowest BCUT2D eigenvalue weighted by atomic mass is 9.90. The predicted octanol–water partition coefficient (Wildman–Crippen LogP) is 3.62. The summed E-state index contributed by atoms with van der Waals surface area (Å²) in [5.41, 5.74) is -0.391. The highest BCUT2D eigenvalue weighted by atomic mass is 19.4. The lowest BCUT2D eigenvalue weighted by molar-refractivity contribution is -0.138. The number of amides is 2. The number of aromatic nitrogens is 1. The van der Waals surface area contributed by atoms with Crippen LogP contribution in [0.2, 0.25) is 0 Å². The van der Waals surface area contributed by atoms with Crippen molar-refractivity contribution in [1.82, 2.24) is 14.8 Å². The molecule has 2 saturated heterocycles. The Morgan fingerprint density at radius 2 is 1.69 bits per heavy atom. The molecule has 9 heteroatoms. The van der Waals surface area contributed by atoms with E-state index in [4.69, 9.17) is 0 Å². The molecule has 0 radical (unpaired) electrons. The van der Waals surface area contributed by atoms with Gasteiger partial charge in [0.2, 0.25) is 11.8 Å². The third-order valence-electron chi connectivity index (χ3n) is 7.77. The molecule has 2 amide bonds. The van der Waals surface area contributed by atoms with Crippen LogP contribution < -0.4 is 4.90 Å². The Bertz CT molecular complexity index is 1080. The molecule has 1 aromatic carbocycles. The van der Waals surface area contributed by atoms with Gasteiger partial charge in [-0.15, -0.1) is 0 Å². The van der Waals surface area contributed by atoms with Crippen LogP contribution in [0.15, 0.2) is 48.7 Å². The van der Waals surface area contributed by atoms with Gasteiger partial charge < -0.3 is 14.7 Å². The van der Waals surface area contributed by atoms with Gasteiger partial charge in [-0.3, -0.25) is 9.59 Å². The van der Waals surface area contributed by atoms with Crippen LogP contribution in [0.1, 0.15) is 30.4 Å². The molecule has 0 bridgehead atoms. The van der Waals surface area contributed by atoms with Crippen molar-refractivity contribution in [3.05, 3.63) is 59.8 Å². The number of rotatable bonds is 4. The van der Waals surface area contributed by atoms with Gasteiger partial charge in [-0.1, -0.05) is 24.3 Å². The standard InChI is InChI=1S/C26H29F3N4O2/c27-26(28,29)20-5-3-4-19(16-20)17-23(34)32-10-7-25(8-11-32)18-21(25)24(35)33-14-12-31(13-15-33)22-6-1-2-9-30-22/h1-6,9,16,21H,7-8,10-15,17-18H2. The Hall–Kier alpha value is -3.10. The maximum atomic E-state index is 13.2. The van der Waals surface area contributed by atoms with E-state index in [2.05, 4.69) is 9.88 Å². The van der Waals surface area contributed by atoms with E-state index in [9.17, 15) is 22.8 Å². The van der Waals surface area contributed by atoms with E-state index in [0.717, 1.165) is 50.3 Å². The van der Waals surface area contributed by atoms with Gasteiger partial charge in [0.15, 0.2) is 0 Å². The van der Waals surface area contributed by atoms with Crippen LogP contribution in [-0.4, -0.2) is 65.9 Å². The number of piperazine rings is 1. The smallest absolute Gasteiger partial charge is 0.353 e. The number of carbonyl (C=O) groups is 2. The molecule has 3 aliphatic rings. The third-order valence-corrected chi connectivity index (χ3v) is 7.77.